The molecule has 0 unspecified atom stereocenters. The van der Waals surface area contributed by atoms with E-state index in [4.69, 9.17) is 16.3 Å². The number of nitrogens with zero attached hydrogens (tertiary/aromatic N) is 3. The third-order valence-electron chi connectivity index (χ3n) is 2.27. The number of benzene rings is 1. The minimum Gasteiger partial charge on any atom is -0.461 e. The van der Waals surface area contributed by atoms with Gasteiger partial charge < -0.3 is 4.74 Å². The summed E-state index contributed by atoms with van der Waals surface area (Å²) in [7, 11) is 0. The molecule has 1 aromatic heterocycles. The summed E-state index contributed by atoms with van der Waals surface area (Å²) in [6, 6.07) is 6.58. The van der Waals surface area contributed by atoms with E-state index in [9.17, 15) is 8.78 Å². The van der Waals surface area contributed by atoms with Gasteiger partial charge in [-0.1, -0.05) is 23.9 Å². The van der Waals surface area contributed by atoms with Crippen LogP contribution < -0.4 is 4.74 Å². The first kappa shape index (κ1) is 15.9. The fourth-order valence-corrected chi connectivity index (χ4v) is 2.16. The average Bonchev–Trinajstić information content (AvgIpc) is 2.37. The Morgan fingerprint density at radius 2 is 1.76 bits per heavy atom. The molecule has 0 saturated heterocycles. The van der Waals surface area contributed by atoms with Crippen LogP contribution in [0.2, 0.25) is 5.28 Å². The zero-order chi connectivity index (χ0) is 15.4. The van der Waals surface area contributed by atoms with Gasteiger partial charge >= 0.3 is 6.01 Å². The van der Waals surface area contributed by atoms with E-state index in [1.165, 1.54) is 0 Å². The van der Waals surface area contributed by atoms with Crippen molar-refractivity contribution in [3.63, 3.8) is 0 Å². The largest absolute Gasteiger partial charge is 0.461 e. The van der Waals surface area contributed by atoms with E-state index in [1.54, 1.807) is 24.3 Å². The van der Waals surface area contributed by atoms with Crippen LogP contribution in [0.3, 0.4) is 0 Å². The molecule has 0 spiro atoms. The molecule has 1 aromatic carbocycles. The molecular weight excluding hydrogens is 320 g/mol. The van der Waals surface area contributed by atoms with Gasteiger partial charge in [-0.05, 0) is 37.6 Å². The quantitative estimate of drug-likeness (QED) is 0.765. The standard InChI is InChI=1S/C13H12ClF2N3OS/c1-7(2)20-13-18-10(17-11(14)19-13)8-3-5-9(6-4-8)21-12(15)16/h3-7,12H,1-2H3. The molecule has 0 fully saturated rings. The van der Waals surface area contributed by atoms with Crippen LogP contribution in [0.1, 0.15) is 13.8 Å². The Labute approximate surface area is 129 Å². The summed E-state index contributed by atoms with van der Waals surface area (Å²) in [5.41, 5.74) is 0.645. The predicted molar refractivity (Wildman–Crippen MR) is 77.9 cm³/mol. The number of thioether (sulfide) groups is 1. The monoisotopic (exact) mass is 331 g/mol. The Bertz CT molecular complexity index is 611. The maximum Gasteiger partial charge on any atom is 0.321 e. The van der Waals surface area contributed by atoms with E-state index >= 15 is 0 Å². The molecule has 21 heavy (non-hydrogen) atoms. The summed E-state index contributed by atoms with van der Waals surface area (Å²) in [6.45, 7) is 3.68. The summed E-state index contributed by atoms with van der Waals surface area (Å²) in [5.74, 6) is -2.12. The topological polar surface area (TPSA) is 47.9 Å². The smallest absolute Gasteiger partial charge is 0.321 e. The zero-order valence-corrected chi connectivity index (χ0v) is 12.8. The van der Waals surface area contributed by atoms with Crippen molar-refractivity contribution in [2.45, 2.75) is 30.6 Å². The number of hydrogen-bond acceptors (Lipinski definition) is 5. The highest BCUT2D eigenvalue weighted by Gasteiger charge is 2.11. The average molecular weight is 332 g/mol. The van der Waals surface area contributed by atoms with Crippen molar-refractivity contribution in [2.24, 2.45) is 0 Å². The molecule has 0 N–H and O–H groups in total. The lowest BCUT2D eigenvalue weighted by molar-refractivity contribution is 0.222. The van der Waals surface area contributed by atoms with Crippen molar-refractivity contribution in [3.8, 4) is 17.4 Å². The van der Waals surface area contributed by atoms with Gasteiger partial charge in [-0.2, -0.15) is 23.7 Å². The van der Waals surface area contributed by atoms with Gasteiger partial charge in [0.15, 0.2) is 5.82 Å². The summed E-state index contributed by atoms with van der Waals surface area (Å²) >= 11 is 6.32. The Morgan fingerprint density at radius 3 is 2.33 bits per heavy atom. The summed E-state index contributed by atoms with van der Waals surface area (Å²) < 4.78 is 29.9. The molecule has 0 atom stereocenters. The van der Waals surface area contributed by atoms with Gasteiger partial charge in [0, 0.05) is 10.5 Å². The van der Waals surface area contributed by atoms with Gasteiger partial charge in [0.1, 0.15) is 0 Å². The Kier molecular flexibility index (Phi) is 5.30. The van der Waals surface area contributed by atoms with Crippen LogP contribution in [0.5, 0.6) is 6.01 Å². The normalized spacial score (nSPS) is 11.2. The van der Waals surface area contributed by atoms with Crippen molar-refractivity contribution in [1.29, 1.82) is 0 Å². The summed E-state index contributed by atoms with van der Waals surface area (Å²) in [4.78, 5) is 12.5. The molecule has 0 saturated carbocycles. The van der Waals surface area contributed by atoms with Crippen molar-refractivity contribution in [3.05, 3.63) is 29.5 Å². The van der Waals surface area contributed by atoms with E-state index in [0.717, 1.165) is 0 Å². The van der Waals surface area contributed by atoms with E-state index in [2.05, 4.69) is 15.0 Å². The highest BCUT2D eigenvalue weighted by molar-refractivity contribution is 7.99. The minimum absolute atomic E-state index is 0.0154. The third-order valence-corrected chi connectivity index (χ3v) is 3.16. The van der Waals surface area contributed by atoms with Gasteiger partial charge in [-0.25, -0.2) is 0 Å². The van der Waals surface area contributed by atoms with Crippen molar-refractivity contribution in [1.82, 2.24) is 15.0 Å². The fourth-order valence-electron chi connectivity index (χ4n) is 1.51. The Morgan fingerprint density at radius 1 is 1.10 bits per heavy atom. The van der Waals surface area contributed by atoms with Crippen LogP contribution in [0.4, 0.5) is 8.78 Å². The molecule has 4 nitrogen and oxygen atoms in total. The summed E-state index contributed by atoms with van der Waals surface area (Å²) in [6.07, 6.45) is -0.0962. The molecule has 8 heteroatoms. The number of ether oxygens (including phenoxy) is 1. The van der Waals surface area contributed by atoms with Crippen molar-refractivity contribution >= 4 is 23.4 Å². The van der Waals surface area contributed by atoms with Crippen LogP contribution in [-0.2, 0) is 0 Å². The molecule has 2 rings (SSSR count). The third kappa shape index (κ3) is 4.78. The number of rotatable bonds is 5. The lowest BCUT2D eigenvalue weighted by atomic mass is 10.2. The van der Waals surface area contributed by atoms with Gasteiger partial charge in [0.05, 0.1) is 6.10 Å². The maximum atomic E-state index is 12.3. The van der Waals surface area contributed by atoms with Crippen LogP contribution in [0.15, 0.2) is 29.2 Å². The van der Waals surface area contributed by atoms with E-state index in [1.807, 2.05) is 13.8 Å². The molecule has 0 aliphatic rings. The summed E-state index contributed by atoms with van der Waals surface area (Å²) in [5, 5.41) is 0.0154. The zero-order valence-electron chi connectivity index (χ0n) is 11.3. The van der Waals surface area contributed by atoms with Gasteiger partial charge in [0.25, 0.3) is 5.76 Å². The second-order valence-corrected chi connectivity index (χ2v) is 5.68. The van der Waals surface area contributed by atoms with Gasteiger partial charge in [-0.15, -0.1) is 0 Å². The minimum atomic E-state index is -2.45. The molecule has 0 amide bonds. The maximum absolute atomic E-state index is 12.3. The van der Waals surface area contributed by atoms with E-state index < -0.39 is 5.76 Å². The molecule has 0 aliphatic carbocycles. The molecule has 2 aromatic rings. The first-order valence-corrected chi connectivity index (χ1v) is 7.33. The van der Waals surface area contributed by atoms with Crippen LogP contribution >= 0.6 is 23.4 Å². The SMILES string of the molecule is CC(C)Oc1nc(Cl)nc(-c2ccc(SC(F)F)cc2)n1. The molecular formula is C13H12ClF2N3OS. The molecule has 0 aliphatic heterocycles. The predicted octanol–water partition coefficient (Wildman–Crippen LogP) is 4.29. The number of aromatic nitrogens is 3. The first-order chi connectivity index (χ1) is 9.94. The van der Waals surface area contributed by atoms with Gasteiger partial charge in [0.2, 0.25) is 5.28 Å². The number of alkyl halides is 2. The van der Waals surface area contributed by atoms with Crippen molar-refractivity contribution in [2.75, 3.05) is 0 Å². The lowest BCUT2D eigenvalue weighted by Gasteiger charge is -2.09. The first-order valence-electron chi connectivity index (χ1n) is 6.07. The van der Waals surface area contributed by atoms with E-state index in [0.29, 0.717) is 28.0 Å². The number of hydrogen-bond donors (Lipinski definition) is 0. The van der Waals surface area contributed by atoms with Crippen LogP contribution in [0, 0.1) is 0 Å². The van der Waals surface area contributed by atoms with E-state index in [-0.39, 0.29) is 17.4 Å². The fraction of sp³-hybridized carbons (Fsp3) is 0.308. The highest BCUT2D eigenvalue weighted by atomic mass is 35.5. The van der Waals surface area contributed by atoms with Crippen LogP contribution in [-0.4, -0.2) is 26.8 Å². The van der Waals surface area contributed by atoms with Crippen LogP contribution in [0.25, 0.3) is 11.4 Å². The van der Waals surface area contributed by atoms with Gasteiger partial charge in [-0.3, -0.25) is 0 Å². The molecule has 0 radical (unpaired) electrons. The highest BCUT2D eigenvalue weighted by Crippen LogP contribution is 2.27. The lowest BCUT2D eigenvalue weighted by Crippen LogP contribution is -2.09. The molecule has 1 heterocycles. The molecule has 112 valence electrons. The van der Waals surface area contributed by atoms with Crippen molar-refractivity contribution < 1.29 is 13.5 Å². The molecule has 0 bridgehead atoms. The second-order valence-electron chi connectivity index (χ2n) is 4.28. The Balaban J connectivity index is 2.26. The second kappa shape index (κ2) is 7.00. The number of halogens is 3. The Hall–Kier alpha value is -1.47.